The summed E-state index contributed by atoms with van der Waals surface area (Å²) in [7, 11) is 1.67. The predicted octanol–water partition coefficient (Wildman–Crippen LogP) is 5.02. The Kier molecular flexibility index (Phi) is 7.46. The van der Waals surface area contributed by atoms with Crippen LogP contribution in [0.5, 0.6) is 11.5 Å². The third-order valence-electron chi connectivity index (χ3n) is 9.77. The van der Waals surface area contributed by atoms with Crippen LogP contribution in [0.1, 0.15) is 38.2 Å². The highest BCUT2D eigenvalue weighted by molar-refractivity contribution is 6.13. The molecule has 0 bridgehead atoms. The number of allylic oxidation sites excluding steroid dienone is 2. The van der Waals surface area contributed by atoms with E-state index < -0.39 is 5.41 Å². The van der Waals surface area contributed by atoms with E-state index in [9.17, 15) is 9.59 Å². The van der Waals surface area contributed by atoms with Crippen molar-refractivity contribution in [3.05, 3.63) is 78.7 Å². The van der Waals surface area contributed by atoms with Gasteiger partial charge in [-0.05, 0) is 74.0 Å². The van der Waals surface area contributed by atoms with Gasteiger partial charge in [-0.25, -0.2) is 4.98 Å². The zero-order valence-electron chi connectivity index (χ0n) is 25.4. The van der Waals surface area contributed by atoms with Crippen LogP contribution in [0.15, 0.2) is 73.1 Å². The Morgan fingerprint density at radius 2 is 1.95 bits per heavy atom. The fraction of sp³-hybridized carbons (Fsp3) is 0.429. The van der Waals surface area contributed by atoms with E-state index in [2.05, 4.69) is 38.4 Å². The summed E-state index contributed by atoms with van der Waals surface area (Å²) in [6.07, 6.45) is 14.7. The van der Waals surface area contributed by atoms with Gasteiger partial charge in [-0.1, -0.05) is 37.3 Å². The Balaban J connectivity index is 0.995. The molecular weight excluding hydrogens is 554 g/mol. The van der Waals surface area contributed by atoms with Gasteiger partial charge in [0.2, 0.25) is 11.8 Å². The molecule has 1 aromatic carbocycles. The summed E-state index contributed by atoms with van der Waals surface area (Å²) >= 11 is 0. The van der Waals surface area contributed by atoms with Crippen molar-refractivity contribution in [1.82, 2.24) is 20.2 Å². The molecule has 9 nitrogen and oxygen atoms in total. The van der Waals surface area contributed by atoms with E-state index >= 15 is 0 Å². The van der Waals surface area contributed by atoms with Crippen molar-refractivity contribution < 1.29 is 19.1 Å². The summed E-state index contributed by atoms with van der Waals surface area (Å²) in [5, 5.41) is 3.99. The van der Waals surface area contributed by atoms with Crippen molar-refractivity contribution in [2.24, 2.45) is 16.7 Å². The van der Waals surface area contributed by atoms with Gasteiger partial charge in [-0.15, -0.1) is 0 Å². The lowest BCUT2D eigenvalue weighted by Gasteiger charge is -2.26. The summed E-state index contributed by atoms with van der Waals surface area (Å²) in [5.41, 5.74) is 1.44. The molecule has 3 fully saturated rings. The molecule has 228 valence electrons. The van der Waals surface area contributed by atoms with Gasteiger partial charge in [0.25, 0.3) is 0 Å². The molecule has 4 heterocycles. The van der Waals surface area contributed by atoms with Gasteiger partial charge in [0, 0.05) is 43.7 Å². The lowest BCUT2D eigenvalue weighted by molar-refractivity contribution is -0.136. The Hall–Kier alpha value is -4.08. The van der Waals surface area contributed by atoms with E-state index in [1.54, 1.807) is 31.6 Å². The molecule has 0 radical (unpaired) electrons. The van der Waals surface area contributed by atoms with E-state index in [4.69, 9.17) is 9.47 Å². The van der Waals surface area contributed by atoms with Crippen LogP contribution in [-0.4, -0.2) is 66.1 Å². The summed E-state index contributed by atoms with van der Waals surface area (Å²) < 4.78 is 11.9. The second kappa shape index (κ2) is 11.4. The number of nitrogens with zero attached hydrogens (tertiary/aromatic N) is 4. The molecule has 1 N–H and O–H groups in total. The maximum Gasteiger partial charge on any atom is 0.243 e. The van der Waals surface area contributed by atoms with Crippen molar-refractivity contribution in [1.29, 1.82) is 0 Å². The minimum atomic E-state index is -1.03. The molecule has 3 aromatic rings. The van der Waals surface area contributed by atoms with Crippen molar-refractivity contribution in [2.45, 2.75) is 45.2 Å². The van der Waals surface area contributed by atoms with Crippen LogP contribution in [0.25, 0.3) is 10.9 Å². The standard InChI is InChI=1S/C35H39N5O4/c1-24-5-3-4-6-28(24)38-32(41)35(12-13-35)33(42)39(2)31-10-8-26(20-37-31)44-30-11-16-36-29-19-25(7-9-27(29)30)21-40-17-14-34(22-40)15-18-43-23-34/h3-11,16,19-20,24,28H,12-15,17-18,21-23H2,1-2H3,(H,38,41). The number of carbonyl (C=O) groups excluding carboxylic acids is 2. The molecule has 3 atom stereocenters. The molecule has 3 unspecified atom stereocenters. The Bertz CT molecular complexity index is 1620. The van der Waals surface area contributed by atoms with Gasteiger partial charge >= 0.3 is 0 Å². The maximum absolute atomic E-state index is 13.5. The monoisotopic (exact) mass is 593 g/mol. The number of aromatic nitrogens is 2. The molecule has 7 rings (SSSR count). The zero-order chi connectivity index (χ0) is 30.3. The molecule has 1 spiro atoms. The lowest BCUT2D eigenvalue weighted by atomic mass is 9.87. The van der Waals surface area contributed by atoms with E-state index in [0.717, 1.165) is 43.8 Å². The van der Waals surface area contributed by atoms with Crippen LogP contribution < -0.4 is 15.0 Å². The Morgan fingerprint density at radius 1 is 1.09 bits per heavy atom. The molecule has 2 amide bonds. The van der Waals surface area contributed by atoms with E-state index in [1.807, 2.05) is 37.3 Å². The minimum absolute atomic E-state index is 0.113. The number of likely N-dealkylation sites (tertiary alicyclic amines) is 1. The third kappa shape index (κ3) is 5.50. The second-order valence-electron chi connectivity index (χ2n) is 13.0. The molecule has 44 heavy (non-hydrogen) atoms. The van der Waals surface area contributed by atoms with E-state index in [-0.39, 0.29) is 23.8 Å². The van der Waals surface area contributed by atoms with Crippen molar-refractivity contribution >= 4 is 28.5 Å². The van der Waals surface area contributed by atoms with Crippen LogP contribution in [0.3, 0.4) is 0 Å². The van der Waals surface area contributed by atoms with Gasteiger partial charge in [0.05, 0.1) is 24.4 Å². The fourth-order valence-electron chi connectivity index (χ4n) is 6.78. The summed E-state index contributed by atoms with van der Waals surface area (Å²) in [4.78, 5) is 39.7. The molecule has 2 saturated heterocycles. The van der Waals surface area contributed by atoms with Gasteiger partial charge in [-0.2, -0.15) is 0 Å². The highest BCUT2D eigenvalue weighted by Crippen LogP contribution is 2.48. The average molecular weight is 594 g/mol. The number of carbonyl (C=O) groups is 2. The van der Waals surface area contributed by atoms with Gasteiger partial charge in [0.1, 0.15) is 22.7 Å². The van der Waals surface area contributed by atoms with Crippen LogP contribution >= 0.6 is 0 Å². The summed E-state index contributed by atoms with van der Waals surface area (Å²) in [5.74, 6) is 1.43. The van der Waals surface area contributed by atoms with Gasteiger partial charge in [0.15, 0.2) is 0 Å². The van der Waals surface area contributed by atoms with E-state index in [1.165, 1.54) is 23.3 Å². The number of hydrogen-bond donors (Lipinski definition) is 1. The molecule has 2 aliphatic carbocycles. The second-order valence-corrected chi connectivity index (χ2v) is 13.0. The van der Waals surface area contributed by atoms with Crippen LogP contribution in [0.2, 0.25) is 0 Å². The number of fused-ring (bicyclic) bond motifs is 1. The number of nitrogens with one attached hydrogen (secondary N) is 1. The lowest BCUT2D eigenvalue weighted by Crippen LogP contribution is -2.48. The summed E-state index contributed by atoms with van der Waals surface area (Å²) in [6, 6.07) is 11.7. The number of ether oxygens (including phenoxy) is 2. The number of anilines is 1. The Labute approximate surface area is 257 Å². The Morgan fingerprint density at radius 3 is 2.70 bits per heavy atom. The van der Waals surface area contributed by atoms with E-state index in [0.29, 0.717) is 35.6 Å². The van der Waals surface area contributed by atoms with Crippen LogP contribution in [0.4, 0.5) is 5.82 Å². The zero-order valence-corrected chi connectivity index (χ0v) is 25.4. The predicted molar refractivity (Wildman–Crippen MR) is 168 cm³/mol. The minimum Gasteiger partial charge on any atom is -0.455 e. The number of amides is 2. The van der Waals surface area contributed by atoms with Crippen molar-refractivity contribution in [3.63, 3.8) is 0 Å². The van der Waals surface area contributed by atoms with Crippen molar-refractivity contribution in [2.75, 3.05) is 38.3 Å². The molecular formula is C35H39N5O4. The molecule has 2 aliphatic heterocycles. The first kappa shape index (κ1) is 28.7. The summed E-state index contributed by atoms with van der Waals surface area (Å²) in [6.45, 7) is 6.92. The van der Waals surface area contributed by atoms with Gasteiger partial charge in [-0.3, -0.25) is 24.4 Å². The third-order valence-corrected chi connectivity index (χ3v) is 9.77. The molecule has 4 aliphatic rings. The fourth-order valence-corrected chi connectivity index (χ4v) is 6.78. The maximum atomic E-state index is 13.5. The largest absolute Gasteiger partial charge is 0.455 e. The molecule has 1 saturated carbocycles. The molecule has 9 heteroatoms. The first-order valence-electron chi connectivity index (χ1n) is 15.6. The normalized spacial score (nSPS) is 25.4. The number of benzene rings is 1. The van der Waals surface area contributed by atoms with Gasteiger partial charge < -0.3 is 14.8 Å². The highest BCUT2D eigenvalue weighted by atomic mass is 16.5. The SMILES string of the molecule is CC1C=CC=CC1NC(=O)C1(C(=O)N(C)c2ccc(Oc3ccnc4cc(CN5CCC6(CCOC6)C5)ccc34)cn2)CC1. The number of hydrogen-bond acceptors (Lipinski definition) is 7. The quantitative estimate of drug-likeness (QED) is 0.366. The smallest absolute Gasteiger partial charge is 0.243 e. The first-order valence-corrected chi connectivity index (χ1v) is 15.6. The first-order chi connectivity index (χ1) is 21.3. The highest BCUT2D eigenvalue weighted by Gasteiger charge is 2.58. The average Bonchev–Trinajstić information content (AvgIpc) is 3.58. The number of pyridine rings is 2. The molecule has 2 aromatic heterocycles. The van der Waals surface area contributed by atoms with Crippen molar-refractivity contribution in [3.8, 4) is 11.5 Å². The van der Waals surface area contributed by atoms with Crippen LogP contribution in [-0.2, 0) is 20.9 Å². The van der Waals surface area contributed by atoms with Crippen LogP contribution in [0, 0.1) is 16.7 Å². The number of rotatable bonds is 8. The topological polar surface area (TPSA) is 96.9 Å².